The number of nitrogen functional groups attached to an aromatic ring is 1. The fraction of sp³-hybridized carbons (Fsp3) is 0.167. The van der Waals surface area contributed by atoms with Crippen molar-refractivity contribution in [2.75, 3.05) is 11.5 Å². The Morgan fingerprint density at radius 1 is 1.23 bits per heavy atom. The number of carboxylic acid groups (broad SMARTS) is 2. The first-order valence-corrected chi connectivity index (χ1v) is 16.8. The third-order valence-corrected chi connectivity index (χ3v) is 10.3. The van der Waals surface area contributed by atoms with Gasteiger partial charge in [-0.3, -0.25) is 14.5 Å². The highest BCUT2D eigenvalue weighted by atomic mass is 32.2. The molecule has 1 unspecified atom stereocenters. The van der Waals surface area contributed by atoms with Crippen molar-refractivity contribution in [1.82, 2.24) is 15.2 Å². The van der Waals surface area contributed by atoms with Gasteiger partial charge in [0.2, 0.25) is 0 Å². The lowest BCUT2D eigenvalue weighted by molar-refractivity contribution is -0.658. The Labute approximate surface area is 282 Å². The number of hydrogen-bond acceptors (Lipinski definition) is 14. The number of carbonyl (C=O) groups excluding carboxylic acids is 3. The normalized spacial score (nSPS) is 18.5. The van der Waals surface area contributed by atoms with Gasteiger partial charge in [0.15, 0.2) is 41.2 Å². The number of hydrogen-bond donors (Lipinski definition) is 5. The van der Waals surface area contributed by atoms with Crippen molar-refractivity contribution in [1.29, 1.82) is 0 Å². The molecule has 246 valence electrons. The number of allylic oxidation sites excluding steroid dienone is 2. The Kier molecular flexibility index (Phi) is 9.03. The van der Waals surface area contributed by atoms with Gasteiger partial charge in [-0.2, -0.15) is 4.57 Å². The number of phenols is 2. The maximum Gasteiger partial charge on any atom is 0.352 e. The monoisotopic (exact) mass is 708 g/mol. The summed E-state index contributed by atoms with van der Waals surface area (Å²) in [5.74, 6) is -5.61. The minimum absolute atomic E-state index is 0.0569. The van der Waals surface area contributed by atoms with E-state index in [1.54, 1.807) is 17.4 Å². The molecule has 0 saturated carbocycles. The van der Waals surface area contributed by atoms with Crippen LogP contribution in [0.25, 0.3) is 10.2 Å². The lowest BCUT2D eigenvalue weighted by atomic mass is 10.0. The summed E-state index contributed by atoms with van der Waals surface area (Å²) in [4.78, 5) is 62.3. The number of amides is 2. The van der Waals surface area contributed by atoms with Gasteiger partial charge in [-0.1, -0.05) is 28.6 Å². The van der Waals surface area contributed by atoms with E-state index in [0.717, 1.165) is 44.7 Å². The van der Waals surface area contributed by atoms with Crippen molar-refractivity contribution < 1.29 is 49.0 Å². The van der Waals surface area contributed by atoms with Crippen molar-refractivity contribution in [2.45, 2.75) is 24.1 Å². The largest absolute Gasteiger partial charge is 0.546 e. The number of β-lactam (4-membered cyclic amide) rings is 1. The molecule has 18 heteroatoms. The molecule has 2 amide bonds. The summed E-state index contributed by atoms with van der Waals surface area (Å²) in [7, 11) is 0. The molecule has 0 spiro atoms. The quantitative estimate of drug-likeness (QED) is 0.0480. The number of phenolic OH excluding ortho intramolecular Hbond substituents is 2. The van der Waals surface area contributed by atoms with E-state index < -0.39 is 58.5 Å². The fourth-order valence-corrected chi connectivity index (χ4v) is 7.83. The fourth-order valence-electron chi connectivity index (χ4n) is 5.07. The number of thiazole rings is 1. The average molecular weight is 709 g/mol. The van der Waals surface area contributed by atoms with Crippen LogP contribution in [0.2, 0.25) is 0 Å². The zero-order valence-electron chi connectivity index (χ0n) is 24.4. The Hall–Kier alpha value is -5.46. The topological polar surface area (TPSA) is 232 Å². The van der Waals surface area contributed by atoms with Gasteiger partial charge in [0.25, 0.3) is 16.6 Å². The molecule has 48 heavy (non-hydrogen) atoms. The summed E-state index contributed by atoms with van der Waals surface area (Å²) in [5.41, 5.74) is 5.20. The number of carboxylic acids is 2. The third kappa shape index (κ3) is 6.27. The van der Waals surface area contributed by atoms with Gasteiger partial charge < -0.3 is 41.1 Å². The van der Waals surface area contributed by atoms with E-state index >= 15 is 0 Å². The lowest BCUT2D eigenvalue weighted by Gasteiger charge is -2.49. The summed E-state index contributed by atoms with van der Waals surface area (Å²) in [6.07, 6.45) is 3.51. The minimum atomic E-state index is -1.92. The Morgan fingerprint density at radius 2 is 2.04 bits per heavy atom. The van der Waals surface area contributed by atoms with Crippen molar-refractivity contribution in [3.05, 3.63) is 88.0 Å². The summed E-state index contributed by atoms with van der Waals surface area (Å²) in [6, 6.07) is 7.89. The molecule has 5 heterocycles. The Balaban J connectivity index is 1.20. The predicted octanol–water partition coefficient (Wildman–Crippen LogP) is 0.846. The van der Waals surface area contributed by atoms with E-state index in [9.17, 15) is 39.6 Å². The molecule has 0 aliphatic carbocycles. The van der Waals surface area contributed by atoms with E-state index in [-0.39, 0.29) is 27.8 Å². The number of thiophene rings is 1. The highest BCUT2D eigenvalue weighted by molar-refractivity contribution is 8.00. The van der Waals surface area contributed by atoms with Gasteiger partial charge in [0, 0.05) is 22.8 Å². The third-order valence-electron chi connectivity index (χ3n) is 7.33. The maximum absolute atomic E-state index is 13.5. The Bertz CT molecular complexity index is 2060. The van der Waals surface area contributed by atoms with E-state index in [1.165, 1.54) is 17.1 Å². The van der Waals surface area contributed by atoms with E-state index in [2.05, 4.69) is 15.5 Å². The molecule has 1 fully saturated rings. The maximum atomic E-state index is 13.5. The molecule has 1 aromatic carbocycles. The SMILES string of the molecule is Nc1nc(/C(=N/OC(C(=O)[O-])c2ccc(O)c(O)c2)C(=O)N[C@@H]2C(=O)N3C(C(=O)O)=C(/C=C/C[n+]4cccc5ccsc54)CS[C@@H]23)cs1. The number of pyridine rings is 1. The first-order valence-electron chi connectivity index (χ1n) is 14.0. The second-order valence-corrected chi connectivity index (χ2v) is 13.2. The van der Waals surface area contributed by atoms with Crippen molar-refractivity contribution >= 4 is 79.2 Å². The number of benzene rings is 1. The van der Waals surface area contributed by atoms with E-state index in [0.29, 0.717) is 12.1 Å². The lowest BCUT2D eigenvalue weighted by Crippen LogP contribution is -2.71. The summed E-state index contributed by atoms with van der Waals surface area (Å²) >= 11 is 3.81. The number of carbonyl (C=O) groups is 4. The molecule has 3 atom stereocenters. The average Bonchev–Trinajstić information content (AvgIpc) is 3.72. The van der Waals surface area contributed by atoms with Crippen molar-refractivity contribution in [3.63, 3.8) is 0 Å². The number of oxime groups is 1. The predicted molar refractivity (Wildman–Crippen MR) is 173 cm³/mol. The van der Waals surface area contributed by atoms with Crippen LogP contribution in [0.1, 0.15) is 17.4 Å². The number of fused-ring (bicyclic) bond motifs is 2. The standard InChI is InChI=1S/C30H24N6O9S3/c31-30-32-17(13-48-30)20(34-45-23(29(43)44)15-5-6-18(37)19(38)11-15)24(39)33-21-25(40)36-22(28(41)42)16(12-47-27(21)36)4-2-9-35-8-1-3-14-7-10-46-26(14)35/h1-8,10-11,13,21,23,27H,9,12H2,(H6-,31,32,33,34,37,38,39,41,42,43,44)/b4-2+/t21-,23?,27+/m1/s1. The number of nitrogens with zero attached hydrogens (tertiary/aromatic N) is 4. The molecule has 2 aliphatic heterocycles. The molecule has 0 radical (unpaired) electrons. The summed E-state index contributed by atoms with van der Waals surface area (Å²) < 4.78 is 2.03. The molecule has 1 saturated heterocycles. The van der Waals surface area contributed by atoms with Gasteiger partial charge in [-0.05, 0) is 41.3 Å². The highest BCUT2D eigenvalue weighted by Gasteiger charge is 2.54. The van der Waals surface area contributed by atoms with Crippen LogP contribution in [0, 0.1) is 0 Å². The van der Waals surface area contributed by atoms with Crippen LogP contribution in [-0.4, -0.2) is 71.8 Å². The highest BCUT2D eigenvalue weighted by Crippen LogP contribution is 2.40. The second-order valence-electron chi connectivity index (χ2n) is 10.3. The minimum Gasteiger partial charge on any atom is -0.546 e. The van der Waals surface area contributed by atoms with Gasteiger partial charge >= 0.3 is 5.97 Å². The Morgan fingerprint density at radius 3 is 2.75 bits per heavy atom. The molecule has 2 aliphatic rings. The number of nitrogens with two attached hydrogens (primary N) is 1. The first-order chi connectivity index (χ1) is 23.0. The number of aromatic hydroxyl groups is 2. The van der Waals surface area contributed by atoms with Crippen LogP contribution in [0.4, 0.5) is 5.13 Å². The number of aliphatic carboxylic acids is 2. The van der Waals surface area contributed by atoms with Crippen LogP contribution in [0.5, 0.6) is 11.5 Å². The second kappa shape index (κ2) is 13.3. The zero-order chi connectivity index (χ0) is 34.1. The number of thioether (sulfide) groups is 1. The molecule has 15 nitrogen and oxygen atoms in total. The van der Waals surface area contributed by atoms with Gasteiger partial charge in [-0.15, -0.1) is 23.1 Å². The summed E-state index contributed by atoms with van der Waals surface area (Å²) in [5, 5.41) is 51.2. The van der Waals surface area contributed by atoms with Crippen LogP contribution in [0.3, 0.4) is 0 Å². The zero-order valence-corrected chi connectivity index (χ0v) is 26.8. The molecular formula is C30H24N6O9S3. The van der Waals surface area contributed by atoms with Crippen LogP contribution in [0.15, 0.2) is 81.9 Å². The molecule has 6 N–H and O–H groups in total. The first kappa shape index (κ1) is 32.5. The number of rotatable bonds is 11. The summed E-state index contributed by atoms with van der Waals surface area (Å²) in [6.45, 7) is 0.479. The molecule has 6 rings (SSSR count). The van der Waals surface area contributed by atoms with Crippen molar-refractivity contribution in [2.24, 2.45) is 5.16 Å². The van der Waals surface area contributed by atoms with E-state index in [1.807, 2.05) is 40.4 Å². The molecular weight excluding hydrogens is 685 g/mol. The van der Waals surface area contributed by atoms with Gasteiger partial charge in [0.05, 0.1) is 11.4 Å². The van der Waals surface area contributed by atoms with Gasteiger partial charge in [-0.25, -0.2) is 9.78 Å². The number of nitrogens with one attached hydrogen (secondary N) is 1. The van der Waals surface area contributed by atoms with E-state index in [4.69, 9.17) is 10.6 Å². The van der Waals surface area contributed by atoms with Crippen molar-refractivity contribution in [3.8, 4) is 11.5 Å². The van der Waals surface area contributed by atoms with Gasteiger partial charge in [0.1, 0.15) is 22.8 Å². The molecule has 0 bridgehead atoms. The number of aromatic nitrogens is 2. The van der Waals surface area contributed by atoms with Crippen LogP contribution in [-0.2, 0) is 30.6 Å². The van der Waals surface area contributed by atoms with Crippen LogP contribution >= 0.6 is 34.4 Å². The van der Waals surface area contributed by atoms with Crippen LogP contribution < -0.4 is 20.7 Å². The molecule has 4 aromatic rings. The smallest absolute Gasteiger partial charge is 0.352 e. The molecule has 3 aromatic heterocycles. The number of anilines is 1.